The molecule has 0 bridgehead atoms. The largest absolute Gasteiger partial charge is 0.391 e. The first-order valence-electron chi connectivity index (χ1n) is 5.81. The van der Waals surface area contributed by atoms with Crippen LogP contribution < -0.4 is 5.32 Å². The van der Waals surface area contributed by atoms with Gasteiger partial charge in [-0.3, -0.25) is 4.21 Å². The monoisotopic (exact) mass is 275 g/mol. The molecule has 0 radical (unpaired) electrons. The summed E-state index contributed by atoms with van der Waals surface area (Å²) < 4.78 is 37.5. The van der Waals surface area contributed by atoms with Crippen LogP contribution in [0.1, 0.15) is 12.8 Å². The van der Waals surface area contributed by atoms with Gasteiger partial charge in [0.25, 0.3) is 0 Å². The Hall–Kier alpha value is -0.850. The first kappa shape index (κ1) is 13.6. The van der Waals surface area contributed by atoms with Crippen LogP contribution in [0.5, 0.6) is 0 Å². The fourth-order valence-electron chi connectivity index (χ4n) is 1.54. The Morgan fingerprint density at radius 1 is 1.39 bits per heavy atom. The number of rotatable bonds is 6. The summed E-state index contributed by atoms with van der Waals surface area (Å²) in [6.07, 6.45) is 1.47. The molecule has 1 fully saturated rings. The van der Waals surface area contributed by atoms with Crippen LogP contribution in [0, 0.1) is 11.6 Å². The maximum atomic E-state index is 13.0. The van der Waals surface area contributed by atoms with Gasteiger partial charge in [-0.25, -0.2) is 8.78 Å². The molecule has 2 N–H and O–H groups in total. The van der Waals surface area contributed by atoms with Gasteiger partial charge >= 0.3 is 0 Å². The number of nitrogens with one attached hydrogen (secondary N) is 1. The molecule has 1 aliphatic rings. The van der Waals surface area contributed by atoms with Crippen molar-refractivity contribution in [2.75, 3.05) is 12.3 Å². The molecule has 2 unspecified atom stereocenters. The smallest absolute Gasteiger partial charge is 0.160 e. The van der Waals surface area contributed by atoms with Crippen molar-refractivity contribution in [1.29, 1.82) is 0 Å². The van der Waals surface area contributed by atoms with Crippen molar-refractivity contribution in [3.05, 3.63) is 29.8 Å². The van der Waals surface area contributed by atoms with Gasteiger partial charge in [0, 0.05) is 17.5 Å². The zero-order chi connectivity index (χ0) is 13.1. The van der Waals surface area contributed by atoms with Crippen LogP contribution in [0.15, 0.2) is 23.1 Å². The summed E-state index contributed by atoms with van der Waals surface area (Å²) in [7, 11) is -1.52. The molecule has 0 saturated heterocycles. The highest BCUT2D eigenvalue weighted by Gasteiger charge is 2.22. The maximum Gasteiger partial charge on any atom is 0.160 e. The molecular formula is C12H15F2NO2S. The first-order valence-corrected chi connectivity index (χ1v) is 7.13. The van der Waals surface area contributed by atoms with E-state index in [-0.39, 0.29) is 10.6 Å². The third kappa shape index (κ3) is 3.83. The lowest BCUT2D eigenvalue weighted by Crippen LogP contribution is -2.32. The molecule has 2 atom stereocenters. The number of halogens is 2. The molecule has 3 nitrogen and oxygen atoms in total. The summed E-state index contributed by atoms with van der Waals surface area (Å²) in [4.78, 5) is 0.194. The fourth-order valence-corrected chi connectivity index (χ4v) is 2.65. The van der Waals surface area contributed by atoms with E-state index in [2.05, 4.69) is 5.32 Å². The van der Waals surface area contributed by atoms with Gasteiger partial charge in [-0.15, -0.1) is 0 Å². The Kier molecular flexibility index (Phi) is 4.42. The summed E-state index contributed by atoms with van der Waals surface area (Å²) in [5.41, 5.74) is 0. The number of aliphatic hydroxyl groups excluding tert-OH is 1. The van der Waals surface area contributed by atoms with E-state index in [9.17, 15) is 18.1 Å². The molecule has 0 amide bonds. The first-order chi connectivity index (χ1) is 8.56. The zero-order valence-electron chi connectivity index (χ0n) is 9.73. The van der Waals surface area contributed by atoms with Gasteiger partial charge in [0.15, 0.2) is 11.6 Å². The summed E-state index contributed by atoms with van der Waals surface area (Å²) in [5, 5.41) is 12.8. The van der Waals surface area contributed by atoms with Gasteiger partial charge < -0.3 is 10.4 Å². The minimum atomic E-state index is -1.52. The standard InChI is InChI=1S/C12H15F2NO2S/c13-11-4-3-10(5-12(11)14)18(17)7-9(16)6-15-8-1-2-8/h3-5,8-9,15-16H,1-2,6-7H2. The van der Waals surface area contributed by atoms with E-state index in [0.29, 0.717) is 12.6 Å². The van der Waals surface area contributed by atoms with E-state index >= 15 is 0 Å². The zero-order valence-corrected chi connectivity index (χ0v) is 10.6. The second kappa shape index (κ2) is 5.86. The molecule has 1 saturated carbocycles. The van der Waals surface area contributed by atoms with Crippen molar-refractivity contribution in [2.24, 2.45) is 0 Å². The predicted octanol–water partition coefficient (Wildman–Crippen LogP) is 1.19. The Morgan fingerprint density at radius 2 is 2.11 bits per heavy atom. The molecule has 0 aliphatic heterocycles. The molecule has 18 heavy (non-hydrogen) atoms. The SMILES string of the molecule is O=S(CC(O)CNC1CC1)c1ccc(F)c(F)c1. The van der Waals surface area contributed by atoms with E-state index in [1.165, 1.54) is 6.07 Å². The van der Waals surface area contributed by atoms with Crippen LogP contribution in [-0.2, 0) is 10.8 Å². The summed E-state index contributed by atoms with van der Waals surface area (Å²) in [5.74, 6) is -1.97. The quantitative estimate of drug-likeness (QED) is 0.820. The van der Waals surface area contributed by atoms with Crippen LogP contribution in [0.2, 0.25) is 0 Å². The fraction of sp³-hybridized carbons (Fsp3) is 0.500. The Morgan fingerprint density at radius 3 is 2.72 bits per heavy atom. The highest BCUT2D eigenvalue weighted by molar-refractivity contribution is 7.85. The van der Waals surface area contributed by atoms with Crippen LogP contribution in [0.4, 0.5) is 8.78 Å². The molecule has 1 aliphatic carbocycles. The van der Waals surface area contributed by atoms with Crippen molar-refractivity contribution in [3.63, 3.8) is 0 Å². The predicted molar refractivity (Wildman–Crippen MR) is 64.7 cm³/mol. The van der Waals surface area contributed by atoms with Crippen molar-refractivity contribution in [2.45, 2.75) is 29.9 Å². The van der Waals surface area contributed by atoms with Crippen molar-refractivity contribution in [3.8, 4) is 0 Å². The minimum Gasteiger partial charge on any atom is -0.391 e. The Labute approximate surface area is 107 Å². The average Bonchev–Trinajstić information content (AvgIpc) is 3.14. The summed E-state index contributed by atoms with van der Waals surface area (Å²) in [6, 6.07) is 3.59. The van der Waals surface area contributed by atoms with Gasteiger partial charge in [-0.1, -0.05) is 0 Å². The van der Waals surface area contributed by atoms with Gasteiger partial charge in [-0.2, -0.15) is 0 Å². The van der Waals surface area contributed by atoms with Crippen molar-refractivity contribution < 1.29 is 18.1 Å². The van der Waals surface area contributed by atoms with Crippen LogP contribution in [0.25, 0.3) is 0 Å². The lowest BCUT2D eigenvalue weighted by atomic mass is 10.3. The summed E-state index contributed by atoms with van der Waals surface area (Å²) >= 11 is 0. The number of benzene rings is 1. The molecule has 6 heteroatoms. The number of aliphatic hydroxyl groups is 1. The molecule has 0 aromatic heterocycles. The Bertz CT molecular complexity index is 452. The highest BCUT2D eigenvalue weighted by Crippen LogP contribution is 2.18. The van der Waals surface area contributed by atoms with E-state index in [1.807, 2.05) is 0 Å². The van der Waals surface area contributed by atoms with Crippen molar-refractivity contribution >= 4 is 10.8 Å². The van der Waals surface area contributed by atoms with E-state index in [0.717, 1.165) is 25.0 Å². The Balaban J connectivity index is 1.87. The molecule has 0 spiro atoms. The van der Waals surface area contributed by atoms with E-state index < -0.39 is 28.5 Å². The molecule has 1 aromatic carbocycles. The number of hydrogen-bond donors (Lipinski definition) is 2. The third-order valence-corrected chi connectivity index (χ3v) is 4.18. The average molecular weight is 275 g/mol. The molecular weight excluding hydrogens is 260 g/mol. The molecule has 2 rings (SSSR count). The maximum absolute atomic E-state index is 13.0. The van der Waals surface area contributed by atoms with Gasteiger partial charge in [0.05, 0.1) is 22.7 Å². The molecule has 0 heterocycles. The van der Waals surface area contributed by atoms with Gasteiger partial charge in [0.2, 0.25) is 0 Å². The van der Waals surface area contributed by atoms with Gasteiger partial charge in [0.1, 0.15) is 0 Å². The van der Waals surface area contributed by atoms with Gasteiger partial charge in [-0.05, 0) is 31.0 Å². The van der Waals surface area contributed by atoms with E-state index in [4.69, 9.17) is 0 Å². The van der Waals surface area contributed by atoms with E-state index in [1.54, 1.807) is 0 Å². The lowest BCUT2D eigenvalue weighted by Gasteiger charge is -2.11. The normalized spacial score (nSPS) is 18.6. The second-order valence-electron chi connectivity index (χ2n) is 4.42. The highest BCUT2D eigenvalue weighted by atomic mass is 32.2. The summed E-state index contributed by atoms with van der Waals surface area (Å²) in [6.45, 7) is 0.375. The third-order valence-electron chi connectivity index (χ3n) is 2.72. The lowest BCUT2D eigenvalue weighted by molar-refractivity contribution is 0.194. The van der Waals surface area contributed by atoms with Crippen LogP contribution in [0.3, 0.4) is 0 Å². The van der Waals surface area contributed by atoms with Crippen molar-refractivity contribution in [1.82, 2.24) is 5.32 Å². The number of hydrogen-bond acceptors (Lipinski definition) is 3. The topological polar surface area (TPSA) is 49.3 Å². The second-order valence-corrected chi connectivity index (χ2v) is 5.92. The minimum absolute atomic E-state index is 0.0186. The van der Waals surface area contributed by atoms with Crippen LogP contribution >= 0.6 is 0 Å². The molecule has 1 aromatic rings. The van der Waals surface area contributed by atoms with Crippen LogP contribution in [-0.4, -0.2) is 33.8 Å². The molecule has 100 valence electrons.